The van der Waals surface area contributed by atoms with E-state index < -0.39 is 17.6 Å². The number of methoxy groups -OCH3 is 1. The zero-order valence-electron chi connectivity index (χ0n) is 20.1. The van der Waals surface area contributed by atoms with Crippen molar-refractivity contribution in [2.45, 2.75) is 38.6 Å². The lowest BCUT2D eigenvalue weighted by Crippen LogP contribution is -2.57. The molecule has 0 aromatic carbocycles. The van der Waals surface area contributed by atoms with Crippen molar-refractivity contribution >= 4 is 63.6 Å². The molecule has 0 saturated carbocycles. The molecule has 1 unspecified atom stereocenters. The number of carbonyl (C=O) groups is 3. The van der Waals surface area contributed by atoms with Crippen molar-refractivity contribution in [3.05, 3.63) is 45.2 Å². The number of anilines is 1. The monoisotopic (exact) mass is 529 g/mol. The van der Waals surface area contributed by atoms with Crippen molar-refractivity contribution in [2.24, 2.45) is 0 Å². The average molecular weight is 530 g/mol. The number of piperazine rings is 1. The van der Waals surface area contributed by atoms with Crippen molar-refractivity contribution < 1.29 is 19.1 Å². The summed E-state index contributed by atoms with van der Waals surface area (Å²) in [7, 11) is 1.25. The van der Waals surface area contributed by atoms with Gasteiger partial charge in [0.25, 0.3) is 11.5 Å². The van der Waals surface area contributed by atoms with Crippen LogP contribution in [0.15, 0.2) is 34.1 Å². The second kappa shape index (κ2) is 11.2. The average Bonchev–Trinajstić information content (AvgIpc) is 3.14. The highest BCUT2D eigenvalue weighted by molar-refractivity contribution is 8.26. The highest BCUT2D eigenvalue weighted by atomic mass is 32.2. The molecular weight excluding hydrogens is 502 g/mol. The van der Waals surface area contributed by atoms with E-state index in [1.165, 1.54) is 17.6 Å². The Balaban J connectivity index is 1.82. The van der Waals surface area contributed by atoms with E-state index >= 15 is 0 Å². The number of aromatic nitrogens is 2. The number of thiocarbonyl (C=S) groups is 1. The van der Waals surface area contributed by atoms with Gasteiger partial charge >= 0.3 is 5.97 Å². The number of ether oxygens (including phenoxy) is 1. The van der Waals surface area contributed by atoms with Gasteiger partial charge in [0.15, 0.2) is 0 Å². The minimum absolute atomic E-state index is 0.150. The van der Waals surface area contributed by atoms with Gasteiger partial charge in [-0.15, -0.1) is 0 Å². The van der Waals surface area contributed by atoms with Gasteiger partial charge in [0.05, 0.1) is 24.0 Å². The van der Waals surface area contributed by atoms with Crippen LogP contribution in [-0.4, -0.2) is 69.2 Å². The molecule has 4 heterocycles. The summed E-state index contributed by atoms with van der Waals surface area (Å²) in [6, 6.07) is 4.23. The van der Waals surface area contributed by atoms with Gasteiger partial charge in [-0.1, -0.05) is 49.8 Å². The maximum atomic E-state index is 13.6. The molecule has 12 heteroatoms. The number of hydrogen-bond donors (Lipinski definition) is 1. The van der Waals surface area contributed by atoms with Gasteiger partial charge in [0.1, 0.15) is 21.8 Å². The van der Waals surface area contributed by atoms with Crippen LogP contribution in [0.4, 0.5) is 5.82 Å². The minimum atomic E-state index is -0.917. The predicted octanol–water partition coefficient (Wildman–Crippen LogP) is 1.95. The van der Waals surface area contributed by atoms with Gasteiger partial charge in [0.2, 0.25) is 5.91 Å². The minimum Gasteiger partial charge on any atom is -0.469 e. The lowest BCUT2D eigenvalue weighted by molar-refractivity contribution is -0.143. The van der Waals surface area contributed by atoms with Gasteiger partial charge in [-0.2, -0.15) is 0 Å². The quantitative estimate of drug-likeness (QED) is 0.237. The fourth-order valence-corrected chi connectivity index (χ4v) is 5.48. The van der Waals surface area contributed by atoms with E-state index in [4.69, 9.17) is 17.0 Å². The van der Waals surface area contributed by atoms with Gasteiger partial charge in [-0.05, 0) is 24.6 Å². The van der Waals surface area contributed by atoms with E-state index in [1.54, 1.807) is 34.2 Å². The maximum Gasteiger partial charge on any atom is 0.308 e. The van der Waals surface area contributed by atoms with Crippen LogP contribution in [0.25, 0.3) is 11.7 Å². The molecular formula is C24H27N5O5S2. The first-order valence-electron chi connectivity index (χ1n) is 11.7. The second-order valence-electron chi connectivity index (χ2n) is 8.40. The SMILES string of the molecule is CCCCCN1C(=O)C(=Cc2c(N3CCNC(=O)C3CC(=O)OC)nc3ccccn3c2=O)SC1=S. The molecule has 2 fully saturated rings. The molecule has 0 spiro atoms. The summed E-state index contributed by atoms with van der Waals surface area (Å²) in [5.74, 6) is -0.956. The van der Waals surface area contributed by atoms with Crippen molar-refractivity contribution in [1.82, 2.24) is 19.6 Å². The Morgan fingerprint density at radius 2 is 2.11 bits per heavy atom. The third kappa shape index (κ3) is 5.14. The summed E-state index contributed by atoms with van der Waals surface area (Å²) < 4.78 is 6.61. The van der Waals surface area contributed by atoms with Crippen molar-refractivity contribution in [2.75, 3.05) is 31.6 Å². The van der Waals surface area contributed by atoms with Crippen LogP contribution >= 0.6 is 24.0 Å². The number of esters is 1. The van der Waals surface area contributed by atoms with Gasteiger partial charge in [0, 0.05) is 25.8 Å². The van der Waals surface area contributed by atoms with E-state index in [2.05, 4.69) is 17.2 Å². The molecule has 2 amide bonds. The third-order valence-corrected chi connectivity index (χ3v) is 7.45. The van der Waals surface area contributed by atoms with Crippen LogP contribution in [0, 0.1) is 0 Å². The van der Waals surface area contributed by atoms with E-state index in [-0.39, 0.29) is 29.6 Å². The zero-order valence-corrected chi connectivity index (χ0v) is 21.7. The number of carbonyl (C=O) groups excluding carboxylic acids is 3. The highest BCUT2D eigenvalue weighted by Crippen LogP contribution is 2.34. The molecule has 2 aromatic rings. The van der Waals surface area contributed by atoms with Crippen LogP contribution < -0.4 is 15.8 Å². The van der Waals surface area contributed by atoms with Crippen molar-refractivity contribution in [3.8, 4) is 0 Å². The van der Waals surface area contributed by atoms with E-state index in [0.29, 0.717) is 34.5 Å². The summed E-state index contributed by atoms with van der Waals surface area (Å²) in [5.41, 5.74) is 0.136. The Morgan fingerprint density at radius 1 is 1.31 bits per heavy atom. The fraction of sp³-hybridized carbons (Fsp3) is 0.417. The number of fused-ring (bicyclic) bond motifs is 1. The Labute approximate surface area is 217 Å². The number of rotatable bonds is 8. The van der Waals surface area contributed by atoms with E-state index in [9.17, 15) is 19.2 Å². The van der Waals surface area contributed by atoms with Crippen LogP contribution in [0.3, 0.4) is 0 Å². The van der Waals surface area contributed by atoms with Crippen molar-refractivity contribution in [1.29, 1.82) is 0 Å². The molecule has 1 atom stereocenters. The van der Waals surface area contributed by atoms with Crippen LogP contribution in [-0.2, 0) is 19.1 Å². The Kier molecular flexibility index (Phi) is 8.04. The molecule has 0 bridgehead atoms. The molecule has 0 aliphatic carbocycles. The summed E-state index contributed by atoms with van der Waals surface area (Å²) in [5, 5.41) is 2.75. The molecule has 190 valence electrons. The second-order valence-corrected chi connectivity index (χ2v) is 10.1. The molecule has 2 aliphatic rings. The van der Waals surface area contributed by atoms with Gasteiger partial charge in [-0.25, -0.2) is 4.98 Å². The number of nitrogens with one attached hydrogen (secondary N) is 1. The van der Waals surface area contributed by atoms with Crippen molar-refractivity contribution in [3.63, 3.8) is 0 Å². The standard InChI is InChI=1S/C24H27N5O5S2/c1-3-4-6-11-29-23(33)17(36-24(29)35)13-15-20(26-18-8-5-7-10-28(18)22(15)32)27-12-9-25-21(31)16(27)14-19(30)34-2/h5,7-8,10,13,16H,3-4,6,9,11-12,14H2,1-2H3,(H,25,31). The Morgan fingerprint density at radius 3 is 2.86 bits per heavy atom. The number of thioether (sulfide) groups is 1. The van der Waals surface area contributed by atoms with Crippen LogP contribution in [0.5, 0.6) is 0 Å². The maximum absolute atomic E-state index is 13.6. The topological polar surface area (TPSA) is 113 Å². The van der Waals surface area contributed by atoms with Crippen LogP contribution in [0.2, 0.25) is 0 Å². The largest absolute Gasteiger partial charge is 0.469 e. The number of amides is 2. The summed E-state index contributed by atoms with van der Waals surface area (Å²) in [6.07, 6.45) is 5.72. The number of hydrogen-bond acceptors (Lipinski definition) is 9. The summed E-state index contributed by atoms with van der Waals surface area (Å²) in [6.45, 7) is 3.23. The molecule has 2 saturated heterocycles. The highest BCUT2D eigenvalue weighted by Gasteiger charge is 2.36. The van der Waals surface area contributed by atoms with Crippen LogP contribution in [0.1, 0.15) is 38.2 Å². The smallest absolute Gasteiger partial charge is 0.308 e. The first kappa shape index (κ1) is 25.8. The molecule has 4 rings (SSSR count). The predicted molar refractivity (Wildman–Crippen MR) is 142 cm³/mol. The molecule has 10 nitrogen and oxygen atoms in total. The third-order valence-electron chi connectivity index (χ3n) is 6.07. The fourth-order valence-electron chi connectivity index (χ4n) is 4.19. The number of unbranched alkanes of at least 4 members (excludes halogenated alkanes) is 2. The summed E-state index contributed by atoms with van der Waals surface area (Å²) in [4.78, 5) is 59.8. The summed E-state index contributed by atoms with van der Waals surface area (Å²) >= 11 is 6.58. The first-order valence-corrected chi connectivity index (χ1v) is 13.0. The molecule has 36 heavy (non-hydrogen) atoms. The Bertz CT molecular complexity index is 1310. The first-order chi connectivity index (χ1) is 17.3. The van der Waals surface area contributed by atoms with Gasteiger partial charge in [-0.3, -0.25) is 28.5 Å². The number of nitrogens with zero attached hydrogens (tertiary/aromatic N) is 4. The van der Waals surface area contributed by atoms with Gasteiger partial charge < -0.3 is 15.0 Å². The molecule has 1 N–H and O–H groups in total. The Hall–Kier alpha value is -3.25. The number of pyridine rings is 1. The van der Waals surface area contributed by atoms with E-state index in [1.807, 2.05) is 0 Å². The zero-order chi connectivity index (χ0) is 25.8. The molecule has 0 radical (unpaired) electrons. The normalized spacial score (nSPS) is 19.3. The lowest BCUT2D eigenvalue weighted by Gasteiger charge is -2.36. The van der Waals surface area contributed by atoms with E-state index in [0.717, 1.165) is 31.0 Å². The molecule has 2 aliphatic heterocycles. The molecule has 2 aromatic heterocycles. The lowest BCUT2D eigenvalue weighted by atomic mass is 10.1.